The molecule has 1 unspecified atom stereocenters. The molecule has 21 heavy (non-hydrogen) atoms. The monoisotopic (exact) mass is 305 g/mol. The van der Waals surface area contributed by atoms with E-state index < -0.39 is 30.5 Å². The van der Waals surface area contributed by atoms with E-state index in [1.54, 1.807) is 6.92 Å². The third-order valence-corrected chi connectivity index (χ3v) is 2.92. The molecule has 0 radical (unpaired) electrons. The number of aliphatic hydroxyl groups excluding tert-OH is 1. The van der Waals surface area contributed by atoms with Crippen LogP contribution in [0.1, 0.15) is 11.1 Å². The molecule has 0 spiro atoms. The summed E-state index contributed by atoms with van der Waals surface area (Å²) in [6, 6.07) is 3.75. The number of halogens is 4. The van der Waals surface area contributed by atoms with Crippen molar-refractivity contribution < 1.29 is 27.5 Å². The molecule has 116 valence electrons. The van der Waals surface area contributed by atoms with E-state index in [9.17, 15) is 22.4 Å². The topological polar surface area (TPSA) is 40.5 Å². The van der Waals surface area contributed by atoms with Gasteiger partial charge in [0.05, 0.1) is 6.54 Å². The fraction of sp³-hybridized carbons (Fsp3) is 0.357. The second-order valence-corrected chi connectivity index (χ2v) is 4.55. The van der Waals surface area contributed by atoms with E-state index in [-0.39, 0.29) is 6.54 Å². The fourth-order valence-electron chi connectivity index (χ4n) is 1.72. The van der Waals surface area contributed by atoms with Gasteiger partial charge in [0.15, 0.2) is 6.10 Å². The number of hydrogen-bond acceptors (Lipinski definition) is 2. The maximum absolute atomic E-state index is 13.0. The Morgan fingerprint density at radius 3 is 2.57 bits per heavy atom. The Kier molecular flexibility index (Phi) is 5.48. The van der Waals surface area contributed by atoms with Crippen molar-refractivity contribution in [1.29, 1.82) is 0 Å². The highest BCUT2D eigenvalue weighted by Crippen LogP contribution is 2.22. The van der Waals surface area contributed by atoms with Crippen LogP contribution in [0.4, 0.5) is 17.6 Å². The maximum atomic E-state index is 13.0. The number of carbonyl (C=O) groups excluding carboxylic acids is 1. The van der Waals surface area contributed by atoms with Crippen LogP contribution in [0.25, 0.3) is 0 Å². The Morgan fingerprint density at radius 1 is 1.48 bits per heavy atom. The number of benzene rings is 1. The van der Waals surface area contributed by atoms with E-state index in [1.165, 1.54) is 12.1 Å². The zero-order valence-electron chi connectivity index (χ0n) is 11.3. The number of carbonyl (C=O) groups is 1. The van der Waals surface area contributed by atoms with Gasteiger partial charge in [-0.2, -0.15) is 13.2 Å². The number of aliphatic hydroxyl groups is 1. The van der Waals surface area contributed by atoms with Crippen LogP contribution in [0.3, 0.4) is 0 Å². The summed E-state index contributed by atoms with van der Waals surface area (Å²) in [4.78, 5) is 12.4. The lowest BCUT2D eigenvalue weighted by molar-refractivity contribution is -0.208. The van der Waals surface area contributed by atoms with Gasteiger partial charge in [-0.15, -0.1) is 0 Å². The van der Waals surface area contributed by atoms with Gasteiger partial charge in [-0.25, -0.2) is 4.39 Å². The molecule has 0 bridgehead atoms. The number of rotatable bonds is 5. The number of nitrogens with zero attached hydrogens (tertiary/aromatic N) is 1. The van der Waals surface area contributed by atoms with Crippen molar-refractivity contribution in [3.05, 3.63) is 47.8 Å². The molecule has 0 aromatic heterocycles. The molecule has 1 atom stereocenters. The summed E-state index contributed by atoms with van der Waals surface area (Å²) in [7, 11) is 0. The molecular weight excluding hydrogens is 290 g/mol. The van der Waals surface area contributed by atoms with Gasteiger partial charge >= 0.3 is 6.18 Å². The van der Waals surface area contributed by atoms with Crippen LogP contribution in [-0.4, -0.2) is 34.7 Å². The molecule has 3 nitrogen and oxygen atoms in total. The highest BCUT2D eigenvalue weighted by Gasteiger charge is 2.39. The van der Waals surface area contributed by atoms with Crippen molar-refractivity contribution >= 4 is 5.91 Å². The number of amides is 1. The summed E-state index contributed by atoms with van der Waals surface area (Å²) < 4.78 is 50.1. The highest BCUT2D eigenvalue weighted by molar-refractivity contribution is 5.87. The van der Waals surface area contributed by atoms with Gasteiger partial charge in [-0.1, -0.05) is 12.6 Å². The van der Waals surface area contributed by atoms with Crippen LogP contribution in [0.5, 0.6) is 0 Å². The lowest BCUT2D eigenvalue weighted by Gasteiger charge is -2.26. The average Bonchev–Trinajstić information content (AvgIpc) is 2.38. The van der Waals surface area contributed by atoms with Crippen molar-refractivity contribution in [3.63, 3.8) is 0 Å². The second-order valence-electron chi connectivity index (χ2n) is 4.55. The van der Waals surface area contributed by atoms with Crippen LogP contribution in [0.15, 0.2) is 30.9 Å². The van der Waals surface area contributed by atoms with Gasteiger partial charge in [0.1, 0.15) is 5.82 Å². The predicted octanol–water partition coefficient (Wildman–Crippen LogP) is 2.57. The van der Waals surface area contributed by atoms with Gasteiger partial charge in [0.2, 0.25) is 5.91 Å². The molecule has 1 aromatic rings. The molecule has 1 N–H and O–H groups in total. The summed E-state index contributed by atoms with van der Waals surface area (Å²) >= 11 is 0. The zero-order valence-corrected chi connectivity index (χ0v) is 11.3. The lowest BCUT2D eigenvalue weighted by atomic mass is 10.1. The van der Waals surface area contributed by atoms with E-state index in [2.05, 4.69) is 6.58 Å². The van der Waals surface area contributed by atoms with Gasteiger partial charge < -0.3 is 10.0 Å². The van der Waals surface area contributed by atoms with Crippen molar-refractivity contribution in [3.8, 4) is 0 Å². The molecule has 0 saturated heterocycles. The van der Waals surface area contributed by atoms with Crippen molar-refractivity contribution in [2.75, 3.05) is 6.54 Å². The van der Waals surface area contributed by atoms with Gasteiger partial charge in [0, 0.05) is 6.54 Å². The van der Waals surface area contributed by atoms with Crippen LogP contribution in [-0.2, 0) is 11.3 Å². The van der Waals surface area contributed by atoms with E-state index in [0.717, 1.165) is 17.0 Å². The SMILES string of the molecule is C=CC(=O)N(Cc1ccc(F)cc1C)CC(O)C(F)(F)F. The quantitative estimate of drug-likeness (QED) is 0.671. The van der Waals surface area contributed by atoms with Crippen molar-refractivity contribution in [2.24, 2.45) is 0 Å². The zero-order chi connectivity index (χ0) is 16.2. The minimum Gasteiger partial charge on any atom is -0.382 e. The molecule has 0 aliphatic rings. The minimum absolute atomic E-state index is 0.176. The molecule has 0 heterocycles. The van der Waals surface area contributed by atoms with E-state index in [4.69, 9.17) is 5.11 Å². The Morgan fingerprint density at radius 2 is 2.10 bits per heavy atom. The van der Waals surface area contributed by atoms with Crippen LogP contribution in [0.2, 0.25) is 0 Å². The third kappa shape index (κ3) is 4.86. The Balaban J connectivity index is 2.93. The largest absolute Gasteiger partial charge is 0.416 e. The molecule has 0 aliphatic heterocycles. The summed E-state index contributed by atoms with van der Waals surface area (Å²) in [5.74, 6) is -1.23. The summed E-state index contributed by atoms with van der Waals surface area (Å²) in [6.07, 6.45) is -6.61. The smallest absolute Gasteiger partial charge is 0.382 e. The normalized spacial score (nSPS) is 12.9. The molecule has 7 heteroatoms. The average molecular weight is 305 g/mol. The van der Waals surface area contributed by atoms with Crippen molar-refractivity contribution in [2.45, 2.75) is 25.7 Å². The van der Waals surface area contributed by atoms with Gasteiger partial charge in [0.25, 0.3) is 0 Å². The number of hydrogen-bond donors (Lipinski definition) is 1. The fourth-order valence-corrected chi connectivity index (χ4v) is 1.72. The highest BCUT2D eigenvalue weighted by atomic mass is 19.4. The van der Waals surface area contributed by atoms with E-state index >= 15 is 0 Å². The molecule has 1 amide bonds. The predicted molar refractivity (Wildman–Crippen MR) is 68.8 cm³/mol. The van der Waals surface area contributed by atoms with Crippen LogP contribution >= 0.6 is 0 Å². The van der Waals surface area contributed by atoms with E-state index in [1.807, 2.05) is 0 Å². The van der Waals surface area contributed by atoms with Crippen LogP contribution in [0, 0.1) is 12.7 Å². The first-order valence-electron chi connectivity index (χ1n) is 6.06. The lowest BCUT2D eigenvalue weighted by Crippen LogP contribution is -2.42. The van der Waals surface area contributed by atoms with Gasteiger partial charge in [-0.3, -0.25) is 4.79 Å². The molecular formula is C14H15F4NO2. The van der Waals surface area contributed by atoms with Crippen LogP contribution < -0.4 is 0 Å². The third-order valence-electron chi connectivity index (χ3n) is 2.92. The molecule has 0 saturated carbocycles. The van der Waals surface area contributed by atoms with E-state index in [0.29, 0.717) is 11.1 Å². The second kappa shape index (κ2) is 6.71. The molecule has 0 fully saturated rings. The summed E-state index contributed by atoms with van der Waals surface area (Å²) in [5, 5.41) is 9.08. The molecule has 0 aliphatic carbocycles. The minimum atomic E-state index is -4.82. The first kappa shape index (κ1) is 17.2. The molecule has 1 rings (SSSR count). The number of aryl methyl sites for hydroxylation is 1. The van der Waals surface area contributed by atoms with Gasteiger partial charge in [-0.05, 0) is 36.3 Å². The Hall–Kier alpha value is -1.89. The van der Waals surface area contributed by atoms with Crippen molar-refractivity contribution in [1.82, 2.24) is 4.90 Å². The Bertz CT molecular complexity index is 528. The Labute approximate surface area is 119 Å². The first-order valence-corrected chi connectivity index (χ1v) is 6.06. The maximum Gasteiger partial charge on any atom is 0.416 e. The number of alkyl halides is 3. The molecule has 1 aromatic carbocycles. The summed E-state index contributed by atoms with van der Waals surface area (Å²) in [5.41, 5.74) is 0.985. The summed E-state index contributed by atoms with van der Waals surface area (Å²) in [6.45, 7) is 3.71. The standard InChI is InChI=1S/C14H15F4NO2/c1-3-13(21)19(8-12(20)14(16,17)18)7-10-4-5-11(15)6-9(10)2/h3-6,12,20H,1,7-8H2,2H3. The first-order chi connectivity index (χ1) is 9.65.